The summed E-state index contributed by atoms with van der Waals surface area (Å²) in [6.07, 6.45) is 0. The summed E-state index contributed by atoms with van der Waals surface area (Å²) in [6, 6.07) is 7.67. The lowest BCUT2D eigenvalue weighted by Gasteiger charge is -2.10. The van der Waals surface area contributed by atoms with E-state index in [0.29, 0.717) is 11.2 Å². The number of aromatic nitrogens is 3. The molecule has 2 heterocycles. The number of benzene rings is 1. The minimum atomic E-state index is -4.44. The summed E-state index contributed by atoms with van der Waals surface area (Å²) >= 11 is -0.234. The molecule has 0 bridgehead atoms. The number of halogens is 3. The van der Waals surface area contributed by atoms with E-state index in [0.717, 1.165) is 0 Å². The third kappa shape index (κ3) is 3.97. The van der Waals surface area contributed by atoms with E-state index in [1.807, 2.05) is 0 Å². The Kier molecular flexibility index (Phi) is 5.61. The van der Waals surface area contributed by atoms with Crippen LogP contribution in [0, 0.1) is 0 Å². The molecule has 3 aromatic rings. The molecule has 3 rings (SSSR count). The van der Waals surface area contributed by atoms with Crippen molar-refractivity contribution in [3.63, 3.8) is 0 Å². The van der Waals surface area contributed by atoms with Gasteiger partial charge < -0.3 is 15.0 Å². The van der Waals surface area contributed by atoms with E-state index in [-0.39, 0.29) is 52.4 Å². The van der Waals surface area contributed by atoms with Gasteiger partial charge in [-0.05, 0) is 43.0 Å². The van der Waals surface area contributed by atoms with Crippen molar-refractivity contribution in [3.8, 4) is 11.5 Å². The van der Waals surface area contributed by atoms with Crippen LogP contribution < -0.4 is 5.73 Å². The van der Waals surface area contributed by atoms with Crippen LogP contribution in [-0.4, -0.2) is 32.6 Å². The molecule has 2 N–H and O–H groups in total. The first-order chi connectivity index (χ1) is 13.2. The van der Waals surface area contributed by atoms with Crippen molar-refractivity contribution in [3.05, 3.63) is 41.6 Å². The summed E-state index contributed by atoms with van der Waals surface area (Å²) in [4.78, 5) is 21.1. The fraction of sp³-hybridized carbons (Fsp3) is 0.278. The fourth-order valence-electron chi connectivity index (χ4n) is 2.76. The number of nitrogens with zero attached hydrogens (tertiary/aromatic N) is 3. The van der Waals surface area contributed by atoms with Crippen molar-refractivity contribution in [1.82, 2.24) is 14.5 Å². The van der Waals surface area contributed by atoms with Gasteiger partial charge in [-0.25, -0.2) is 14.8 Å². The second kappa shape index (κ2) is 7.80. The molecule has 0 radical (unpaired) electrons. The van der Waals surface area contributed by atoms with E-state index >= 15 is 0 Å². The first kappa shape index (κ1) is 20.2. The highest BCUT2D eigenvalue weighted by Crippen LogP contribution is 2.40. The Morgan fingerprint density at radius 3 is 2.64 bits per heavy atom. The Balaban J connectivity index is 2.22. The van der Waals surface area contributed by atoms with E-state index in [4.69, 9.17) is 10.5 Å². The van der Waals surface area contributed by atoms with Gasteiger partial charge in [-0.2, -0.15) is 13.2 Å². The lowest BCUT2D eigenvalue weighted by atomic mass is 10.1. The highest BCUT2D eigenvalue weighted by molar-refractivity contribution is 8.00. The van der Waals surface area contributed by atoms with E-state index in [1.165, 1.54) is 18.2 Å². The first-order valence-corrected chi connectivity index (χ1v) is 9.15. The van der Waals surface area contributed by atoms with Gasteiger partial charge in [-0.15, -0.1) is 0 Å². The minimum Gasteiger partial charge on any atom is -0.462 e. The molecule has 10 heteroatoms. The molecule has 0 spiro atoms. The second-order valence-corrected chi connectivity index (χ2v) is 6.90. The molecule has 2 aromatic heterocycles. The third-order valence-corrected chi connectivity index (χ3v) is 4.75. The highest BCUT2D eigenvalue weighted by atomic mass is 32.2. The average Bonchev–Trinajstić information content (AvgIpc) is 2.98. The molecule has 6 nitrogen and oxygen atoms in total. The number of nitrogens with two attached hydrogens (primary N) is 1. The minimum absolute atomic E-state index is 0.0282. The lowest BCUT2D eigenvalue weighted by molar-refractivity contribution is -0.0327. The maximum atomic E-state index is 12.9. The van der Waals surface area contributed by atoms with Gasteiger partial charge in [0, 0.05) is 18.5 Å². The van der Waals surface area contributed by atoms with Gasteiger partial charge in [0.2, 0.25) is 0 Å². The number of rotatable bonds is 5. The van der Waals surface area contributed by atoms with Crippen LogP contribution in [0.15, 0.2) is 35.2 Å². The molecule has 0 aliphatic carbocycles. The molecule has 1 aromatic carbocycles. The number of carbonyl (C=O) groups is 1. The number of alkyl halides is 3. The summed E-state index contributed by atoms with van der Waals surface area (Å²) < 4.78 is 45.3. The van der Waals surface area contributed by atoms with Crippen LogP contribution in [0.1, 0.15) is 23.0 Å². The molecule has 0 fully saturated rings. The van der Waals surface area contributed by atoms with Crippen molar-refractivity contribution in [1.29, 1.82) is 0 Å². The summed E-state index contributed by atoms with van der Waals surface area (Å²) in [5.74, 6) is -0.339. The van der Waals surface area contributed by atoms with Gasteiger partial charge in [-0.3, -0.25) is 0 Å². The molecule has 0 aliphatic heterocycles. The topological polar surface area (TPSA) is 83.0 Å². The predicted molar refractivity (Wildman–Crippen MR) is 99.7 cm³/mol. The number of esters is 1. The Morgan fingerprint density at radius 2 is 2.00 bits per heavy atom. The van der Waals surface area contributed by atoms with Gasteiger partial charge in [-0.1, -0.05) is 6.07 Å². The number of hydrogen-bond acceptors (Lipinski definition) is 6. The van der Waals surface area contributed by atoms with Crippen LogP contribution >= 0.6 is 11.8 Å². The zero-order valence-corrected chi connectivity index (χ0v) is 15.9. The molecule has 0 atom stereocenters. The van der Waals surface area contributed by atoms with Gasteiger partial charge in [0.1, 0.15) is 11.2 Å². The predicted octanol–water partition coefficient (Wildman–Crippen LogP) is 3.88. The van der Waals surface area contributed by atoms with Crippen LogP contribution in [-0.2, 0) is 18.3 Å². The molecular weight excluding hydrogens is 393 g/mol. The van der Waals surface area contributed by atoms with Gasteiger partial charge in [0.05, 0.1) is 23.4 Å². The van der Waals surface area contributed by atoms with Gasteiger partial charge in [0.25, 0.3) is 0 Å². The lowest BCUT2D eigenvalue weighted by Crippen LogP contribution is -2.11. The quantitative estimate of drug-likeness (QED) is 0.508. The number of aryl methyl sites for hydroxylation is 1. The molecule has 0 amide bonds. The summed E-state index contributed by atoms with van der Waals surface area (Å²) in [5, 5.41) is 0. The molecule has 148 valence electrons. The molecule has 0 aliphatic rings. The van der Waals surface area contributed by atoms with E-state index in [1.54, 1.807) is 30.7 Å². The van der Waals surface area contributed by atoms with Crippen molar-refractivity contribution >= 4 is 28.8 Å². The smallest absolute Gasteiger partial charge is 0.446 e. The Hall–Kier alpha value is -2.59. The van der Waals surface area contributed by atoms with E-state index in [2.05, 4.69) is 9.97 Å². The summed E-state index contributed by atoms with van der Waals surface area (Å²) in [7, 11) is 1.65. The number of imidazole rings is 1. The third-order valence-electron chi connectivity index (χ3n) is 3.97. The van der Waals surface area contributed by atoms with Gasteiger partial charge >= 0.3 is 11.5 Å². The zero-order valence-electron chi connectivity index (χ0n) is 15.1. The monoisotopic (exact) mass is 410 g/mol. The molecule has 28 heavy (non-hydrogen) atoms. The van der Waals surface area contributed by atoms with Crippen molar-refractivity contribution in [2.24, 2.45) is 12.8 Å². The number of thioether (sulfide) groups is 1. The second-order valence-electron chi connectivity index (χ2n) is 5.79. The molecule has 0 unspecified atom stereocenters. The Bertz CT molecular complexity index is 1030. The highest BCUT2D eigenvalue weighted by Gasteiger charge is 2.31. The summed E-state index contributed by atoms with van der Waals surface area (Å²) in [6.45, 7) is 1.98. The van der Waals surface area contributed by atoms with Crippen LogP contribution in [0.2, 0.25) is 0 Å². The van der Waals surface area contributed by atoms with Crippen LogP contribution in [0.5, 0.6) is 0 Å². The normalized spacial score (nSPS) is 11.8. The summed E-state index contributed by atoms with van der Waals surface area (Å²) in [5.41, 5.74) is 2.77. The largest absolute Gasteiger partial charge is 0.462 e. The fourth-order valence-corrected chi connectivity index (χ4v) is 3.41. The van der Waals surface area contributed by atoms with Crippen LogP contribution in [0.4, 0.5) is 13.2 Å². The number of ether oxygens (including phenoxy) is 1. The van der Waals surface area contributed by atoms with E-state index in [9.17, 15) is 18.0 Å². The zero-order chi connectivity index (χ0) is 20.5. The number of fused-ring (bicyclic) bond motifs is 1. The van der Waals surface area contributed by atoms with Crippen molar-refractivity contribution in [2.45, 2.75) is 23.9 Å². The van der Waals surface area contributed by atoms with Gasteiger partial charge in [0.15, 0.2) is 5.82 Å². The Labute approximate surface area is 162 Å². The Morgan fingerprint density at radius 1 is 1.25 bits per heavy atom. The number of carbonyl (C=O) groups excluding carboxylic acids is 1. The maximum absolute atomic E-state index is 12.9. The molecule has 0 saturated heterocycles. The average molecular weight is 410 g/mol. The number of pyridine rings is 1. The van der Waals surface area contributed by atoms with E-state index < -0.39 is 11.5 Å². The standard InChI is InChI=1S/C18H17F3N4O2S/c1-3-27-17(26)11-8-7-10(9-22)23-14(11)16-24-15-12(25(16)2)5-4-6-13(15)28-18(19,20)21/h4-8H,3,9,22H2,1-2H3. The van der Waals surface area contributed by atoms with Crippen LogP contribution in [0.3, 0.4) is 0 Å². The number of para-hydroxylation sites is 1. The number of hydrogen-bond donors (Lipinski definition) is 1. The SMILES string of the molecule is CCOC(=O)c1ccc(CN)nc1-c1nc2c(SC(F)(F)F)cccc2n1C. The first-order valence-electron chi connectivity index (χ1n) is 8.33. The maximum Gasteiger partial charge on any atom is 0.446 e. The molecule has 0 saturated carbocycles. The van der Waals surface area contributed by atoms with Crippen molar-refractivity contribution < 1.29 is 22.7 Å². The van der Waals surface area contributed by atoms with Crippen molar-refractivity contribution in [2.75, 3.05) is 6.61 Å². The molecular formula is C18H17F3N4O2S. The van der Waals surface area contributed by atoms with Crippen LogP contribution in [0.25, 0.3) is 22.6 Å².